The molecule has 0 spiro atoms. The summed E-state index contributed by atoms with van der Waals surface area (Å²) in [4.78, 5) is 44.5. The van der Waals surface area contributed by atoms with E-state index in [1.165, 1.54) is 0 Å². The average Bonchev–Trinajstić information content (AvgIpc) is 3.47. The minimum absolute atomic E-state index is 0.0813. The monoisotopic (exact) mass is 503 g/mol. The summed E-state index contributed by atoms with van der Waals surface area (Å²) in [6, 6.07) is 12.4. The number of nitrogens with two attached hydrogens (primary N) is 1. The van der Waals surface area contributed by atoms with Crippen molar-refractivity contribution in [3.8, 4) is 0 Å². The van der Waals surface area contributed by atoms with Crippen LogP contribution in [0.25, 0.3) is 21.8 Å². The second-order valence-electron chi connectivity index (χ2n) is 9.82. The van der Waals surface area contributed by atoms with E-state index in [0.29, 0.717) is 12.8 Å². The highest BCUT2D eigenvalue weighted by Crippen LogP contribution is 2.20. The molecule has 9 heteroatoms. The summed E-state index contributed by atoms with van der Waals surface area (Å²) in [6.45, 7) is 3.86. The number of H-pyrrole nitrogens is 2. The molecule has 9 nitrogen and oxygen atoms in total. The van der Waals surface area contributed by atoms with Crippen molar-refractivity contribution in [2.45, 2.75) is 51.2 Å². The zero-order chi connectivity index (χ0) is 26.5. The molecule has 37 heavy (non-hydrogen) atoms. The molecule has 0 aliphatic carbocycles. The molecule has 0 bridgehead atoms. The Hall–Kier alpha value is -4.11. The number of carbonyl (C=O) groups excluding carboxylic acids is 2. The number of hydrogen-bond donors (Lipinski definition) is 6. The van der Waals surface area contributed by atoms with Crippen LogP contribution in [0, 0.1) is 5.92 Å². The Morgan fingerprint density at radius 3 is 1.86 bits per heavy atom. The predicted octanol–water partition coefficient (Wildman–Crippen LogP) is 2.86. The fourth-order valence-electron chi connectivity index (χ4n) is 4.60. The Bertz CT molecular complexity index is 1410. The summed E-state index contributed by atoms with van der Waals surface area (Å²) < 4.78 is 0. The van der Waals surface area contributed by atoms with Gasteiger partial charge in [0.25, 0.3) is 0 Å². The second kappa shape index (κ2) is 11.3. The van der Waals surface area contributed by atoms with E-state index in [1.807, 2.05) is 68.6 Å². The lowest BCUT2D eigenvalue weighted by atomic mass is 10.00. The molecular formula is C28H33N5O4. The zero-order valence-electron chi connectivity index (χ0n) is 21.0. The molecule has 0 fully saturated rings. The standard InChI is InChI=1S/C28H33N5O4/c1-16(2)11-24(32-26(34)21(29)12-17-14-30-22-9-5-3-7-19(17)22)27(35)33-25(28(36)37)13-18-15-31-23-10-6-4-8-20(18)23/h3-10,14-16,21,24-25,30-31H,11-13,29H2,1-2H3,(H,32,34)(H,33,35)(H,36,37)/t21-,24-,25-/m0/s1. The molecule has 0 aliphatic rings. The van der Waals surface area contributed by atoms with Crippen LogP contribution >= 0.6 is 0 Å². The zero-order valence-corrected chi connectivity index (χ0v) is 21.0. The number of amides is 2. The molecule has 4 aromatic rings. The van der Waals surface area contributed by atoms with E-state index in [0.717, 1.165) is 32.9 Å². The van der Waals surface area contributed by atoms with Gasteiger partial charge in [-0.25, -0.2) is 4.79 Å². The SMILES string of the molecule is CC(C)C[C@H](NC(=O)[C@@H](N)Cc1c[nH]c2ccccc12)C(=O)N[C@@H](Cc1c[nH]c2ccccc12)C(=O)O. The number of nitrogens with one attached hydrogen (secondary N) is 4. The van der Waals surface area contributed by atoms with Crippen LogP contribution in [0.2, 0.25) is 0 Å². The van der Waals surface area contributed by atoms with Crippen LogP contribution in [0.15, 0.2) is 60.9 Å². The van der Waals surface area contributed by atoms with Crippen molar-refractivity contribution < 1.29 is 19.5 Å². The van der Waals surface area contributed by atoms with Crippen molar-refractivity contribution in [1.29, 1.82) is 0 Å². The fourth-order valence-corrected chi connectivity index (χ4v) is 4.60. The predicted molar refractivity (Wildman–Crippen MR) is 143 cm³/mol. The minimum atomic E-state index is -1.15. The van der Waals surface area contributed by atoms with Gasteiger partial charge in [0, 0.05) is 40.6 Å². The van der Waals surface area contributed by atoms with Gasteiger partial charge in [-0.1, -0.05) is 50.2 Å². The van der Waals surface area contributed by atoms with Gasteiger partial charge in [-0.2, -0.15) is 0 Å². The van der Waals surface area contributed by atoms with Gasteiger partial charge in [-0.05, 0) is 42.0 Å². The number of carbonyl (C=O) groups is 3. The van der Waals surface area contributed by atoms with Gasteiger partial charge in [0.05, 0.1) is 6.04 Å². The molecule has 7 N–H and O–H groups in total. The quantitative estimate of drug-likeness (QED) is 0.186. The van der Waals surface area contributed by atoms with Crippen molar-refractivity contribution in [2.75, 3.05) is 0 Å². The number of benzene rings is 2. The Morgan fingerprint density at radius 2 is 1.32 bits per heavy atom. The molecule has 3 atom stereocenters. The highest BCUT2D eigenvalue weighted by molar-refractivity contribution is 5.93. The first-order valence-corrected chi connectivity index (χ1v) is 12.4. The Balaban J connectivity index is 1.44. The Kier molecular flexibility index (Phi) is 7.93. The van der Waals surface area contributed by atoms with Crippen LogP contribution in [0.4, 0.5) is 0 Å². The third-order valence-electron chi connectivity index (χ3n) is 6.51. The number of fused-ring (bicyclic) bond motifs is 2. The van der Waals surface area contributed by atoms with Gasteiger partial charge < -0.3 is 31.4 Å². The van der Waals surface area contributed by atoms with Crippen LogP contribution in [0.1, 0.15) is 31.4 Å². The van der Waals surface area contributed by atoms with E-state index < -0.39 is 35.9 Å². The van der Waals surface area contributed by atoms with Gasteiger partial charge in [0.2, 0.25) is 11.8 Å². The lowest BCUT2D eigenvalue weighted by molar-refractivity contribution is -0.142. The molecule has 0 aliphatic heterocycles. The molecule has 194 valence electrons. The third-order valence-corrected chi connectivity index (χ3v) is 6.51. The lowest BCUT2D eigenvalue weighted by Gasteiger charge is -2.24. The maximum absolute atomic E-state index is 13.2. The third kappa shape index (κ3) is 6.18. The highest BCUT2D eigenvalue weighted by Gasteiger charge is 2.29. The number of para-hydroxylation sites is 2. The molecule has 2 aromatic carbocycles. The normalized spacial score (nSPS) is 13.9. The summed E-state index contributed by atoms with van der Waals surface area (Å²) in [5.74, 6) is -2.08. The van der Waals surface area contributed by atoms with Crippen molar-refractivity contribution in [1.82, 2.24) is 20.6 Å². The largest absolute Gasteiger partial charge is 0.480 e. The fraction of sp³-hybridized carbons (Fsp3) is 0.321. The molecule has 0 saturated heterocycles. The highest BCUT2D eigenvalue weighted by atomic mass is 16.4. The summed E-state index contributed by atoms with van der Waals surface area (Å²) in [6.07, 6.45) is 4.33. The molecule has 0 radical (unpaired) electrons. The van der Waals surface area contributed by atoms with Crippen LogP contribution in [0.5, 0.6) is 0 Å². The molecule has 2 amide bonds. The van der Waals surface area contributed by atoms with Crippen molar-refractivity contribution >= 4 is 39.6 Å². The van der Waals surface area contributed by atoms with E-state index >= 15 is 0 Å². The number of aliphatic carboxylic acids is 1. The van der Waals surface area contributed by atoms with Crippen molar-refractivity contribution in [3.63, 3.8) is 0 Å². The summed E-state index contributed by atoms with van der Waals surface area (Å²) in [5, 5.41) is 17.1. The van der Waals surface area contributed by atoms with Crippen LogP contribution < -0.4 is 16.4 Å². The maximum atomic E-state index is 13.2. The van der Waals surface area contributed by atoms with Gasteiger partial charge in [-0.3, -0.25) is 9.59 Å². The van der Waals surface area contributed by atoms with E-state index in [4.69, 9.17) is 5.73 Å². The molecular weight excluding hydrogens is 470 g/mol. The molecule has 2 aromatic heterocycles. The topological polar surface area (TPSA) is 153 Å². The second-order valence-corrected chi connectivity index (χ2v) is 9.82. The van der Waals surface area contributed by atoms with Crippen LogP contribution in [0.3, 0.4) is 0 Å². The number of carboxylic acid groups (broad SMARTS) is 1. The van der Waals surface area contributed by atoms with Crippen molar-refractivity contribution in [2.24, 2.45) is 11.7 Å². The Morgan fingerprint density at radius 1 is 0.811 bits per heavy atom. The van der Waals surface area contributed by atoms with Crippen LogP contribution in [-0.4, -0.2) is 51.0 Å². The molecule has 2 heterocycles. The van der Waals surface area contributed by atoms with Gasteiger partial charge in [0.1, 0.15) is 12.1 Å². The molecule has 0 unspecified atom stereocenters. The number of hydrogen-bond acceptors (Lipinski definition) is 4. The van der Waals surface area contributed by atoms with Crippen molar-refractivity contribution in [3.05, 3.63) is 72.1 Å². The maximum Gasteiger partial charge on any atom is 0.326 e. The number of aromatic amines is 2. The average molecular weight is 504 g/mol. The lowest BCUT2D eigenvalue weighted by Crippen LogP contribution is -2.55. The van der Waals surface area contributed by atoms with Crippen LogP contribution in [-0.2, 0) is 27.2 Å². The molecule has 0 saturated carbocycles. The van der Waals surface area contributed by atoms with E-state index in [9.17, 15) is 19.5 Å². The summed E-state index contributed by atoms with van der Waals surface area (Å²) in [7, 11) is 0. The number of carboxylic acids is 1. The number of aromatic nitrogens is 2. The first-order chi connectivity index (χ1) is 17.7. The van der Waals surface area contributed by atoms with Gasteiger partial charge in [-0.15, -0.1) is 0 Å². The van der Waals surface area contributed by atoms with E-state index in [-0.39, 0.29) is 12.3 Å². The smallest absolute Gasteiger partial charge is 0.326 e. The van der Waals surface area contributed by atoms with Gasteiger partial charge in [0.15, 0.2) is 0 Å². The van der Waals surface area contributed by atoms with E-state index in [1.54, 1.807) is 6.20 Å². The summed E-state index contributed by atoms with van der Waals surface area (Å²) in [5.41, 5.74) is 9.76. The summed E-state index contributed by atoms with van der Waals surface area (Å²) >= 11 is 0. The Labute approximate surface area is 214 Å². The first kappa shape index (κ1) is 26.0. The number of rotatable bonds is 11. The minimum Gasteiger partial charge on any atom is -0.480 e. The molecule has 4 rings (SSSR count). The van der Waals surface area contributed by atoms with E-state index in [2.05, 4.69) is 20.6 Å². The first-order valence-electron chi connectivity index (χ1n) is 12.4. The van der Waals surface area contributed by atoms with Gasteiger partial charge >= 0.3 is 5.97 Å².